The van der Waals surface area contributed by atoms with E-state index in [0.29, 0.717) is 6.42 Å². The first-order chi connectivity index (χ1) is 8.78. The second-order valence-corrected chi connectivity index (χ2v) is 5.12. The highest BCUT2D eigenvalue weighted by molar-refractivity contribution is 5.87. The van der Waals surface area contributed by atoms with Crippen LogP contribution in [0.2, 0.25) is 0 Å². The first-order valence-electron chi connectivity index (χ1n) is 6.25. The number of nitrogens with one attached hydrogen (secondary N) is 2. The van der Waals surface area contributed by atoms with Gasteiger partial charge in [0.15, 0.2) is 0 Å². The third-order valence-corrected chi connectivity index (χ3v) is 2.90. The minimum absolute atomic E-state index is 0.170. The summed E-state index contributed by atoms with van der Waals surface area (Å²) < 4.78 is 0. The second-order valence-electron chi connectivity index (χ2n) is 5.12. The lowest BCUT2D eigenvalue weighted by molar-refractivity contribution is -0.138. The number of hydrogen-bond donors (Lipinski definition) is 5. The van der Waals surface area contributed by atoms with Gasteiger partial charge in [0.1, 0.15) is 6.10 Å². The highest BCUT2D eigenvalue weighted by atomic mass is 16.3. The smallest absolute Gasteiger partial charge is 0.249 e. The van der Waals surface area contributed by atoms with Crippen LogP contribution >= 0.6 is 0 Å². The summed E-state index contributed by atoms with van der Waals surface area (Å²) in [6.07, 6.45) is -0.818. The van der Waals surface area contributed by atoms with Gasteiger partial charge in [-0.2, -0.15) is 0 Å². The lowest BCUT2D eigenvalue weighted by Gasteiger charge is -2.27. The van der Waals surface area contributed by atoms with Gasteiger partial charge in [-0.3, -0.25) is 9.59 Å². The summed E-state index contributed by atoms with van der Waals surface area (Å²) in [6.45, 7) is 4.08. The molecule has 2 amide bonds. The standard InChI is InChI=1S/C12H24N2O5/c1-4-8(6-15)14-9(17)5-13-11(19)10(18)12(2,3)7-16/h8,10,15-16,18H,4-7H2,1-3H3,(H,13,19)(H,14,17)/t8?,10-/m0/s1. The molecule has 1 unspecified atom stereocenters. The van der Waals surface area contributed by atoms with Crippen LogP contribution in [0, 0.1) is 5.41 Å². The molecule has 7 nitrogen and oxygen atoms in total. The number of amides is 2. The molecule has 0 saturated carbocycles. The molecule has 0 aliphatic rings. The van der Waals surface area contributed by atoms with Gasteiger partial charge in [0.2, 0.25) is 11.8 Å². The third-order valence-electron chi connectivity index (χ3n) is 2.90. The monoisotopic (exact) mass is 276 g/mol. The van der Waals surface area contributed by atoms with Crippen molar-refractivity contribution in [2.75, 3.05) is 19.8 Å². The molecular weight excluding hydrogens is 252 g/mol. The van der Waals surface area contributed by atoms with Crippen LogP contribution in [0.1, 0.15) is 27.2 Å². The maximum Gasteiger partial charge on any atom is 0.249 e. The van der Waals surface area contributed by atoms with Gasteiger partial charge in [-0.15, -0.1) is 0 Å². The molecule has 0 bridgehead atoms. The predicted octanol–water partition coefficient (Wildman–Crippen LogP) is -1.63. The molecule has 5 N–H and O–H groups in total. The molecular formula is C12H24N2O5. The number of aliphatic hydroxyl groups is 3. The van der Waals surface area contributed by atoms with E-state index in [1.807, 2.05) is 6.92 Å². The molecule has 0 heterocycles. The fourth-order valence-corrected chi connectivity index (χ4v) is 1.26. The SMILES string of the molecule is CCC(CO)NC(=O)CNC(=O)[C@H](O)C(C)(C)CO. The van der Waals surface area contributed by atoms with Gasteiger partial charge in [0.05, 0.1) is 25.8 Å². The molecule has 0 aromatic rings. The van der Waals surface area contributed by atoms with Crippen molar-refractivity contribution in [2.24, 2.45) is 5.41 Å². The fourth-order valence-electron chi connectivity index (χ4n) is 1.26. The van der Waals surface area contributed by atoms with Gasteiger partial charge < -0.3 is 26.0 Å². The maximum atomic E-state index is 11.6. The highest BCUT2D eigenvalue weighted by Crippen LogP contribution is 2.19. The summed E-state index contributed by atoms with van der Waals surface area (Å²) in [5, 5.41) is 32.4. The molecule has 0 saturated heterocycles. The van der Waals surface area contributed by atoms with E-state index in [2.05, 4.69) is 10.6 Å². The Morgan fingerprint density at radius 1 is 1.26 bits per heavy atom. The molecule has 0 radical (unpaired) electrons. The molecule has 7 heteroatoms. The Hall–Kier alpha value is -1.18. The van der Waals surface area contributed by atoms with E-state index in [4.69, 9.17) is 10.2 Å². The number of aliphatic hydroxyl groups excluding tert-OH is 3. The summed E-state index contributed by atoms with van der Waals surface area (Å²) in [6, 6.07) is -0.344. The normalized spacial score (nSPS) is 14.6. The van der Waals surface area contributed by atoms with E-state index in [1.54, 1.807) is 0 Å². The summed E-state index contributed by atoms with van der Waals surface area (Å²) >= 11 is 0. The van der Waals surface area contributed by atoms with Crippen LogP contribution in [0.25, 0.3) is 0 Å². The van der Waals surface area contributed by atoms with Crippen molar-refractivity contribution >= 4 is 11.8 Å². The van der Waals surface area contributed by atoms with Crippen molar-refractivity contribution in [3.63, 3.8) is 0 Å². The quantitative estimate of drug-likeness (QED) is 0.365. The van der Waals surface area contributed by atoms with Crippen molar-refractivity contribution < 1.29 is 24.9 Å². The van der Waals surface area contributed by atoms with Crippen LogP contribution in [0.15, 0.2) is 0 Å². The van der Waals surface area contributed by atoms with Crippen LogP contribution in [-0.2, 0) is 9.59 Å². The molecule has 0 spiro atoms. The summed E-state index contributed by atoms with van der Waals surface area (Å²) in [5.41, 5.74) is -0.975. The Morgan fingerprint density at radius 3 is 2.26 bits per heavy atom. The topological polar surface area (TPSA) is 119 Å². The van der Waals surface area contributed by atoms with Gasteiger partial charge in [-0.05, 0) is 6.42 Å². The van der Waals surface area contributed by atoms with E-state index in [0.717, 1.165) is 0 Å². The van der Waals surface area contributed by atoms with Crippen LogP contribution in [0.3, 0.4) is 0 Å². The van der Waals surface area contributed by atoms with Crippen LogP contribution in [0.4, 0.5) is 0 Å². The largest absolute Gasteiger partial charge is 0.396 e. The Labute approximate surface area is 113 Å². The molecule has 0 aromatic carbocycles. The maximum absolute atomic E-state index is 11.6. The predicted molar refractivity (Wildman–Crippen MR) is 69.2 cm³/mol. The highest BCUT2D eigenvalue weighted by Gasteiger charge is 2.33. The minimum Gasteiger partial charge on any atom is -0.396 e. The first-order valence-corrected chi connectivity index (χ1v) is 6.25. The van der Waals surface area contributed by atoms with Crippen molar-refractivity contribution in [2.45, 2.75) is 39.3 Å². The Kier molecular flexibility index (Phi) is 7.58. The zero-order chi connectivity index (χ0) is 15.1. The average molecular weight is 276 g/mol. The number of carbonyl (C=O) groups is 2. The van der Waals surface area contributed by atoms with Gasteiger partial charge in [-0.25, -0.2) is 0 Å². The van der Waals surface area contributed by atoms with E-state index < -0.39 is 23.3 Å². The molecule has 0 rings (SSSR count). The summed E-state index contributed by atoms with van der Waals surface area (Å²) in [4.78, 5) is 23.0. The van der Waals surface area contributed by atoms with Gasteiger partial charge >= 0.3 is 0 Å². The minimum atomic E-state index is -1.40. The van der Waals surface area contributed by atoms with Crippen LogP contribution < -0.4 is 10.6 Å². The lowest BCUT2D eigenvalue weighted by Crippen LogP contribution is -2.49. The average Bonchev–Trinajstić information content (AvgIpc) is 2.40. The summed E-state index contributed by atoms with van der Waals surface area (Å²) in [7, 11) is 0. The Balaban J connectivity index is 4.20. The fraction of sp³-hybridized carbons (Fsp3) is 0.833. The van der Waals surface area contributed by atoms with E-state index in [-0.39, 0.29) is 25.8 Å². The molecule has 0 fully saturated rings. The molecule has 0 aliphatic carbocycles. The molecule has 0 aromatic heterocycles. The van der Waals surface area contributed by atoms with Crippen molar-refractivity contribution in [3.8, 4) is 0 Å². The molecule has 112 valence electrons. The second kappa shape index (κ2) is 8.08. The third kappa shape index (κ3) is 6.00. The number of rotatable bonds is 8. The van der Waals surface area contributed by atoms with Crippen molar-refractivity contribution in [1.82, 2.24) is 10.6 Å². The Bertz CT molecular complexity index is 302. The van der Waals surface area contributed by atoms with E-state index in [9.17, 15) is 14.7 Å². The van der Waals surface area contributed by atoms with E-state index >= 15 is 0 Å². The molecule has 0 aliphatic heterocycles. The number of hydrogen-bond acceptors (Lipinski definition) is 5. The summed E-state index contributed by atoms with van der Waals surface area (Å²) in [5.74, 6) is -1.16. The van der Waals surface area contributed by atoms with Gasteiger partial charge in [-0.1, -0.05) is 20.8 Å². The van der Waals surface area contributed by atoms with Crippen LogP contribution in [0.5, 0.6) is 0 Å². The Morgan fingerprint density at radius 2 is 1.84 bits per heavy atom. The van der Waals surface area contributed by atoms with Gasteiger partial charge in [0, 0.05) is 5.41 Å². The van der Waals surface area contributed by atoms with E-state index in [1.165, 1.54) is 13.8 Å². The van der Waals surface area contributed by atoms with Crippen molar-refractivity contribution in [1.29, 1.82) is 0 Å². The molecule has 2 atom stereocenters. The zero-order valence-electron chi connectivity index (χ0n) is 11.6. The van der Waals surface area contributed by atoms with Crippen LogP contribution in [-0.4, -0.2) is 59.0 Å². The van der Waals surface area contributed by atoms with Gasteiger partial charge in [0.25, 0.3) is 0 Å². The van der Waals surface area contributed by atoms with Crippen molar-refractivity contribution in [3.05, 3.63) is 0 Å². The lowest BCUT2D eigenvalue weighted by atomic mass is 9.87. The molecule has 19 heavy (non-hydrogen) atoms. The first kappa shape index (κ1) is 17.8. The zero-order valence-corrected chi connectivity index (χ0v) is 11.6. The number of carbonyl (C=O) groups excluding carboxylic acids is 2.